The monoisotopic (exact) mass is 287 g/mol. The molecule has 1 aliphatic heterocycles. The Labute approximate surface area is 111 Å². The number of carboxylic acid groups (broad SMARTS) is 1. The number of nitrogens with two attached hydrogens (primary N) is 1. The second-order valence-corrected chi connectivity index (χ2v) is 7.03. The molecule has 0 fully saturated rings. The molecule has 0 aromatic carbocycles. The van der Waals surface area contributed by atoms with Crippen LogP contribution in [-0.4, -0.2) is 31.8 Å². The van der Waals surface area contributed by atoms with Gasteiger partial charge >= 0.3 is 5.97 Å². The van der Waals surface area contributed by atoms with E-state index < -0.39 is 15.8 Å². The molecule has 0 bridgehead atoms. The minimum absolute atomic E-state index is 0.0733. The number of carboxylic acids is 1. The van der Waals surface area contributed by atoms with Crippen molar-refractivity contribution in [3.8, 4) is 0 Å². The van der Waals surface area contributed by atoms with Crippen molar-refractivity contribution >= 4 is 15.8 Å². The van der Waals surface area contributed by atoms with E-state index in [1.54, 1.807) is 6.92 Å². The third kappa shape index (κ3) is 2.82. The molecule has 2 rings (SSSR count). The molecule has 1 aromatic heterocycles. The van der Waals surface area contributed by atoms with Gasteiger partial charge in [0.05, 0.1) is 12.2 Å². The molecule has 7 heteroatoms. The topological polar surface area (TPSA) is 111 Å². The van der Waals surface area contributed by atoms with Crippen molar-refractivity contribution in [2.45, 2.75) is 31.4 Å². The minimum atomic E-state index is -3.10. The van der Waals surface area contributed by atoms with Crippen molar-refractivity contribution in [3.63, 3.8) is 0 Å². The molecule has 1 aromatic rings. The number of hydrogen-bond donors (Lipinski definition) is 2. The Morgan fingerprint density at radius 2 is 2.21 bits per heavy atom. The van der Waals surface area contributed by atoms with Crippen molar-refractivity contribution in [1.29, 1.82) is 0 Å². The fourth-order valence-electron chi connectivity index (χ4n) is 2.63. The molecule has 0 saturated heterocycles. The van der Waals surface area contributed by atoms with Crippen molar-refractivity contribution in [3.05, 3.63) is 22.6 Å². The van der Waals surface area contributed by atoms with Crippen molar-refractivity contribution in [2.75, 3.05) is 12.3 Å². The highest BCUT2D eigenvalue weighted by molar-refractivity contribution is 7.90. The molecule has 0 aliphatic carbocycles. The standard InChI is InChI=1S/C12H17NO5S/c1-7-12(8(5-13)4-11(14)15)9-2-3-19(16,17)6-10(9)18-7/h8H,2-6,13H2,1H3,(H,14,15). The average molecular weight is 287 g/mol. The molecule has 1 unspecified atom stereocenters. The SMILES string of the molecule is Cc1oc2c(c1C(CN)CC(=O)O)CCS(=O)(=O)C2. The number of fused-ring (bicyclic) bond motifs is 1. The van der Waals surface area contributed by atoms with Gasteiger partial charge in [-0.1, -0.05) is 0 Å². The van der Waals surface area contributed by atoms with Crippen LogP contribution in [0.4, 0.5) is 0 Å². The number of aryl methyl sites for hydroxylation is 1. The van der Waals surface area contributed by atoms with E-state index in [2.05, 4.69) is 0 Å². The van der Waals surface area contributed by atoms with Gasteiger partial charge in [-0.25, -0.2) is 8.42 Å². The van der Waals surface area contributed by atoms with Crippen LogP contribution < -0.4 is 5.73 Å². The lowest BCUT2D eigenvalue weighted by Gasteiger charge is -2.17. The fraction of sp³-hybridized carbons (Fsp3) is 0.583. The highest BCUT2D eigenvalue weighted by atomic mass is 32.2. The third-order valence-electron chi connectivity index (χ3n) is 3.45. The molecule has 6 nitrogen and oxygen atoms in total. The maximum absolute atomic E-state index is 11.6. The summed E-state index contributed by atoms with van der Waals surface area (Å²) >= 11 is 0. The maximum atomic E-state index is 11.6. The summed E-state index contributed by atoms with van der Waals surface area (Å²) in [7, 11) is -3.10. The minimum Gasteiger partial charge on any atom is -0.481 e. The highest BCUT2D eigenvalue weighted by Gasteiger charge is 2.31. The Kier molecular flexibility index (Phi) is 3.69. The predicted molar refractivity (Wildman–Crippen MR) is 68.7 cm³/mol. The number of rotatable bonds is 4. The van der Waals surface area contributed by atoms with E-state index >= 15 is 0 Å². The molecule has 3 N–H and O–H groups in total. The first-order valence-corrected chi connectivity index (χ1v) is 7.89. The van der Waals surface area contributed by atoms with Crippen molar-refractivity contribution in [1.82, 2.24) is 0 Å². The van der Waals surface area contributed by atoms with Gasteiger partial charge in [-0.15, -0.1) is 0 Å². The van der Waals surface area contributed by atoms with E-state index in [9.17, 15) is 13.2 Å². The first-order chi connectivity index (χ1) is 8.84. The molecule has 1 atom stereocenters. The van der Waals surface area contributed by atoms with Gasteiger partial charge in [-0.2, -0.15) is 0 Å². The van der Waals surface area contributed by atoms with Gasteiger partial charge < -0.3 is 15.3 Å². The number of carbonyl (C=O) groups is 1. The van der Waals surface area contributed by atoms with E-state index in [4.69, 9.17) is 15.3 Å². The van der Waals surface area contributed by atoms with Gasteiger partial charge in [0.25, 0.3) is 0 Å². The summed E-state index contributed by atoms with van der Waals surface area (Å²) in [5, 5.41) is 8.91. The van der Waals surface area contributed by atoms with Crippen LogP contribution >= 0.6 is 0 Å². The van der Waals surface area contributed by atoms with E-state index in [0.29, 0.717) is 17.9 Å². The van der Waals surface area contributed by atoms with Crippen LogP contribution in [0.25, 0.3) is 0 Å². The average Bonchev–Trinajstić information content (AvgIpc) is 2.59. The Hall–Kier alpha value is -1.34. The quantitative estimate of drug-likeness (QED) is 0.838. The first kappa shape index (κ1) is 14.1. The summed E-state index contributed by atoms with van der Waals surface area (Å²) in [6.07, 6.45) is 0.302. The molecule has 2 heterocycles. The van der Waals surface area contributed by atoms with Crippen LogP contribution in [0.3, 0.4) is 0 Å². The maximum Gasteiger partial charge on any atom is 0.304 e. The summed E-state index contributed by atoms with van der Waals surface area (Å²) < 4.78 is 28.7. The lowest BCUT2D eigenvalue weighted by atomic mass is 9.91. The van der Waals surface area contributed by atoms with Gasteiger partial charge in [0.2, 0.25) is 0 Å². The van der Waals surface area contributed by atoms with E-state index in [-0.39, 0.29) is 30.4 Å². The van der Waals surface area contributed by atoms with Gasteiger partial charge in [0, 0.05) is 11.5 Å². The first-order valence-electron chi connectivity index (χ1n) is 6.07. The van der Waals surface area contributed by atoms with Crippen LogP contribution in [0, 0.1) is 6.92 Å². The summed E-state index contributed by atoms with van der Waals surface area (Å²) in [6, 6.07) is 0. The Bertz CT molecular complexity index is 602. The zero-order valence-corrected chi connectivity index (χ0v) is 11.5. The summed E-state index contributed by atoms with van der Waals surface area (Å²) in [5.41, 5.74) is 7.27. The predicted octanol–water partition coefficient (Wildman–Crippen LogP) is 0.576. The van der Waals surface area contributed by atoms with Crippen molar-refractivity contribution < 1.29 is 22.7 Å². The van der Waals surface area contributed by atoms with Crippen LogP contribution in [0.5, 0.6) is 0 Å². The molecule has 19 heavy (non-hydrogen) atoms. The number of sulfone groups is 1. The third-order valence-corrected chi connectivity index (χ3v) is 4.97. The van der Waals surface area contributed by atoms with Crippen LogP contribution in [0.2, 0.25) is 0 Å². The fourth-order valence-corrected chi connectivity index (χ4v) is 3.92. The summed E-state index contributed by atoms with van der Waals surface area (Å²) in [4.78, 5) is 10.9. The van der Waals surface area contributed by atoms with Crippen molar-refractivity contribution in [2.24, 2.45) is 5.73 Å². The normalized spacial score (nSPS) is 18.8. The van der Waals surface area contributed by atoms with Crippen LogP contribution in [0.1, 0.15) is 35.0 Å². The lowest BCUT2D eigenvalue weighted by molar-refractivity contribution is -0.137. The second kappa shape index (κ2) is 4.97. The summed E-state index contributed by atoms with van der Waals surface area (Å²) in [6.45, 7) is 1.93. The van der Waals surface area contributed by atoms with Gasteiger partial charge in [-0.3, -0.25) is 4.79 Å². The molecular formula is C12H17NO5S. The molecular weight excluding hydrogens is 270 g/mol. The molecule has 0 saturated carbocycles. The van der Waals surface area contributed by atoms with Gasteiger partial charge in [0.15, 0.2) is 9.84 Å². The molecule has 106 valence electrons. The Balaban J connectivity index is 2.42. The molecule has 0 spiro atoms. The largest absolute Gasteiger partial charge is 0.481 e. The van der Waals surface area contributed by atoms with Crippen LogP contribution in [0.15, 0.2) is 4.42 Å². The smallest absolute Gasteiger partial charge is 0.304 e. The van der Waals surface area contributed by atoms with E-state index in [1.807, 2.05) is 0 Å². The highest BCUT2D eigenvalue weighted by Crippen LogP contribution is 2.35. The molecule has 0 radical (unpaired) electrons. The summed E-state index contributed by atoms with van der Waals surface area (Å²) in [5.74, 6) is -0.246. The van der Waals surface area contributed by atoms with E-state index in [0.717, 1.165) is 11.1 Å². The van der Waals surface area contributed by atoms with Gasteiger partial charge in [-0.05, 0) is 25.5 Å². The lowest BCUT2D eigenvalue weighted by Crippen LogP contribution is -2.22. The Morgan fingerprint density at radius 3 is 2.79 bits per heavy atom. The van der Waals surface area contributed by atoms with Gasteiger partial charge in [0.1, 0.15) is 17.3 Å². The van der Waals surface area contributed by atoms with E-state index in [1.165, 1.54) is 0 Å². The Morgan fingerprint density at radius 1 is 1.53 bits per heavy atom. The zero-order chi connectivity index (χ0) is 14.2. The number of aliphatic carboxylic acids is 1. The number of hydrogen-bond acceptors (Lipinski definition) is 5. The molecule has 1 aliphatic rings. The number of furan rings is 1. The van der Waals surface area contributed by atoms with Crippen LogP contribution in [-0.2, 0) is 26.8 Å². The zero-order valence-electron chi connectivity index (χ0n) is 10.7. The molecule has 0 amide bonds. The second-order valence-electron chi connectivity index (χ2n) is 4.85.